The lowest BCUT2D eigenvalue weighted by Gasteiger charge is -2.24. The van der Waals surface area contributed by atoms with Gasteiger partial charge in [0.2, 0.25) is 0 Å². The molecule has 3 aromatic rings. The average Bonchev–Trinajstić information content (AvgIpc) is 3.55. The second-order valence-corrected chi connectivity index (χ2v) is 12.8. The van der Waals surface area contributed by atoms with Crippen molar-refractivity contribution in [2.45, 2.75) is 69.8 Å². The van der Waals surface area contributed by atoms with Gasteiger partial charge in [-0.25, -0.2) is 9.59 Å². The standard InChI is InChI=1S/C33H27F9N2O4S/c1-4-25-26(43-28(49-25)23-7-5-17(29(45)46)9-15(23)2)24-8-6-20(31(34,35)36)12-19(24)14-44-16(3)27(48-30(44)47)18-10-21(32(37,38)39)13-22(11-18)33(40,41)42/h5-13,16,27-28,43H,4,14H2,1-3H3,(H,45,46)/t16-,27-,28?/m0/s1. The lowest BCUT2D eigenvalue weighted by Crippen LogP contribution is -2.32. The largest absolute Gasteiger partial charge is 0.478 e. The fraction of sp³-hybridized carbons (Fsp3) is 0.333. The van der Waals surface area contributed by atoms with Crippen molar-refractivity contribution < 1.29 is 58.9 Å². The minimum Gasteiger partial charge on any atom is -0.478 e. The zero-order chi connectivity index (χ0) is 36.2. The number of cyclic esters (lactones) is 1. The Morgan fingerprint density at radius 3 is 2.04 bits per heavy atom. The minimum atomic E-state index is -5.15. The van der Waals surface area contributed by atoms with Crippen molar-refractivity contribution in [3.8, 4) is 0 Å². The number of ether oxygens (including phenoxy) is 1. The SMILES string of the molecule is CCC1=C(c2ccc(C(F)(F)F)cc2CN2C(=O)O[C@H](c3cc(C(F)(F)F)cc(C(F)(F)F)c3)[C@@H]2C)NC(c2ccc(C(=O)O)cc2C)S1. The molecule has 1 unspecified atom stereocenters. The van der Waals surface area contributed by atoms with E-state index < -0.39 is 76.9 Å². The molecule has 3 aromatic carbocycles. The number of rotatable bonds is 7. The Kier molecular flexibility index (Phi) is 9.42. The van der Waals surface area contributed by atoms with Crippen LogP contribution >= 0.6 is 11.8 Å². The van der Waals surface area contributed by atoms with E-state index in [0.29, 0.717) is 29.8 Å². The number of hydrogen-bond donors (Lipinski definition) is 2. The summed E-state index contributed by atoms with van der Waals surface area (Å²) in [5, 5.41) is 12.2. The number of aromatic carboxylic acids is 1. The van der Waals surface area contributed by atoms with E-state index in [-0.39, 0.29) is 22.8 Å². The van der Waals surface area contributed by atoms with E-state index in [2.05, 4.69) is 5.32 Å². The minimum absolute atomic E-state index is 0.00746. The molecule has 2 N–H and O–H groups in total. The summed E-state index contributed by atoms with van der Waals surface area (Å²) >= 11 is 1.37. The van der Waals surface area contributed by atoms with Crippen LogP contribution in [0.15, 0.2) is 59.5 Å². The number of nitrogens with zero attached hydrogens (tertiary/aromatic N) is 1. The lowest BCUT2D eigenvalue weighted by molar-refractivity contribution is -0.143. The van der Waals surface area contributed by atoms with E-state index in [0.717, 1.165) is 27.5 Å². The first kappa shape index (κ1) is 36.0. The summed E-state index contributed by atoms with van der Waals surface area (Å²) in [6.07, 6.45) is -17.4. The predicted octanol–water partition coefficient (Wildman–Crippen LogP) is 9.95. The molecule has 1 saturated heterocycles. The van der Waals surface area contributed by atoms with Crippen molar-refractivity contribution in [3.05, 3.63) is 110 Å². The van der Waals surface area contributed by atoms with Crippen molar-refractivity contribution in [3.63, 3.8) is 0 Å². The van der Waals surface area contributed by atoms with Crippen molar-refractivity contribution in [1.82, 2.24) is 10.2 Å². The number of carboxylic acid groups (broad SMARTS) is 1. The maximum atomic E-state index is 13.9. The number of alkyl halides is 9. The molecular formula is C33H27F9N2O4S. The van der Waals surface area contributed by atoms with Crippen LogP contribution in [0.25, 0.3) is 5.70 Å². The van der Waals surface area contributed by atoms with E-state index in [4.69, 9.17) is 4.74 Å². The van der Waals surface area contributed by atoms with Crippen molar-refractivity contribution in [1.29, 1.82) is 0 Å². The first-order valence-corrected chi connectivity index (χ1v) is 15.5. The molecule has 49 heavy (non-hydrogen) atoms. The van der Waals surface area contributed by atoms with E-state index in [1.807, 2.05) is 6.92 Å². The first-order valence-electron chi connectivity index (χ1n) is 14.7. The molecule has 5 rings (SSSR count). The van der Waals surface area contributed by atoms with Gasteiger partial charge in [-0.3, -0.25) is 4.90 Å². The number of carboxylic acids is 1. The number of hydrogen-bond acceptors (Lipinski definition) is 5. The number of benzene rings is 3. The van der Waals surface area contributed by atoms with Gasteiger partial charge in [-0.2, -0.15) is 39.5 Å². The Bertz CT molecular complexity index is 1800. The molecule has 1 amide bonds. The third-order valence-corrected chi connectivity index (χ3v) is 9.69. The molecule has 0 bridgehead atoms. The van der Waals surface area contributed by atoms with Gasteiger partial charge in [-0.1, -0.05) is 30.8 Å². The molecule has 2 heterocycles. The molecule has 0 aromatic heterocycles. The number of carbonyl (C=O) groups is 2. The van der Waals surface area contributed by atoms with Gasteiger partial charge < -0.3 is 15.2 Å². The summed E-state index contributed by atoms with van der Waals surface area (Å²) in [5.41, 5.74) is -2.66. The summed E-state index contributed by atoms with van der Waals surface area (Å²) in [5.74, 6) is -1.12. The van der Waals surface area contributed by atoms with E-state index in [1.165, 1.54) is 36.9 Å². The molecular weight excluding hydrogens is 691 g/mol. The predicted molar refractivity (Wildman–Crippen MR) is 161 cm³/mol. The molecule has 262 valence electrons. The fourth-order valence-electron chi connectivity index (χ4n) is 5.81. The smallest absolute Gasteiger partial charge is 0.416 e. The van der Waals surface area contributed by atoms with E-state index >= 15 is 0 Å². The lowest BCUT2D eigenvalue weighted by atomic mass is 9.96. The molecule has 0 saturated carbocycles. The molecule has 2 aliphatic rings. The van der Waals surface area contributed by atoms with E-state index in [1.54, 1.807) is 13.0 Å². The summed E-state index contributed by atoms with van der Waals surface area (Å²) < 4.78 is 128. The molecule has 0 aliphatic carbocycles. The van der Waals surface area contributed by atoms with Crippen LogP contribution in [0.1, 0.15) is 86.6 Å². The number of aryl methyl sites for hydroxylation is 1. The zero-order valence-electron chi connectivity index (χ0n) is 25.8. The molecule has 6 nitrogen and oxygen atoms in total. The van der Waals surface area contributed by atoms with Crippen LogP contribution in [-0.2, 0) is 29.8 Å². The van der Waals surface area contributed by atoms with Crippen LogP contribution in [0.5, 0.6) is 0 Å². The van der Waals surface area contributed by atoms with Gasteiger partial charge in [0.05, 0.1) is 40.5 Å². The third kappa shape index (κ3) is 7.33. The summed E-state index contributed by atoms with van der Waals surface area (Å²) in [6, 6.07) is 7.14. The quantitative estimate of drug-likeness (QED) is 0.237. The Labute approximate surface area is 277 Å². The normalized spacial score (nSPS) is 20.1. The number of allylic oxidation sites excluding steroid dienone is 1. The molecule has 16 heteroatoms. The Morgan fingerprint density at radius 1 is 0.898 bits per heavy atom. The number of carbonyl (C=O) groups excluding carboxylic acids is 1. The van der Waals surface area contributed by atoms with Crippen molar-refractivity contribution in [2.24, 2.45) is 0 Å². The topological polar surface area (TPSA) is 78.9 Å². The molecule has 0 spiro atoms. The van der Waals surface area contributed by atoms with Gasteiger partial charge >= 0.3 is 30.6 Å². The van der Waals surface area contributed by atoms with Gasteiger partial charge in [-0.15, -0.1) is 0 Å². The molecule has 0 radical (unpaired) electrons. The zero-order valence-corrected chi connectivity index (χ0v) is 26.6. The fourth-order valence-corrected chi connectivity index (χ4v) is 7.11. The molecule has 1 fully saturated rings. The Morgan fingerprint density at radius 2 is 1.51 bits per heavy atom. The Hall–Kier alpha value is -4.34. The highest BCUT2D eigenvalue weighted by molar-refractivity contribution is 8.03. The van der Waals surface area contributed by atoms with Gasteiger partial charge in [0.15, 0.2) is 0 Å². The number of thioether (sulfide) groups is 1. The van der Waals surface area contributed by atoms with E-state index in [9.17, 15) is 54.2 Å². The third-order valence-electron chi connectivity index (χ3n) is 8.31. The van der Waals surface area contributed by atoms with Crippen LogP contribution in [0.4, 0.5) is 44.3 Å². The number of nitrogens with one attached hydrogen (secondary N) is 1. The molecule has 3 atom stereocenters. The van der Waals surface area contributed by atoms with Gasteiger partial charge in [0, 0.05) is 10.5 Å². The second-order valence-electron chi connectivity index (χ2n) is 11.6. The second kappa shape index (κ2) is 12.8. The maximum Gasteiger partial charge on any atom is 0.416 e. The highest BCUT2D eigenvalue weighted by Gasteiger charge is 2.44. The Balaban J connectivity index is 1.52. The highest BCUT2D eigenvalue weighted by atomic mass is 32.2. The highest BCUT2D eigenvalue weighted by Crippen LogP contribution is 2.48. The molecule has 2 aliphatic heterocycles. The number of amides is 1. The number of halogens is 9. The first-order chi connectivity index (χ1) is 22.7. The van der Waals surface area contributed by atoms with Crippen LogP contribution in [0.3, 0.4) is 0 Å². The van der Waals surface area contributed by atoms with Crippen LogP contribution in [-0.4, -0.2) is 28.1 Å². The van der Waals surface area contributed by atoms with Crippen LogP contribution in [0, 0.1) is 6.92 Å². The average molecular weight is 719 g/mol. The van der Waals surface area contributed by atoms with Crippen LogP contribution < -0.4 is 5.32 Å². The monoisotopic (exact) mass is 718 g/mol. The van der Waals surface area contributed by atoms with Crippen molar-refractivity contribution in [2.75, 3.05) is 0 Å². The summed E-state index contributed by atoms with van der Waals surface area (Å²) in [6.45, 7) is 4.34. The van der Waals surface area contributed by atoms with Gasteiger partial charge in [0.1, 0.15) is 11.5 Å². The summed E-state index contributed by atoms with van der Waals surface area (Å²) in [4.78, 5) is 26.2. The van der Waals surface area contributed by atoms with Gasteiger partial charge in [0.25, 0.3) is 0 Å². The summed E-state index contributed by atoms with van der Waals surface area (Å²) in [7, 11) is 0. The van der Waals surface area contributed by atoms with Crippen LogP contribution in [0.2, 0.25) is 0 Å². The maximum absolute atomic E-state index is 13.9. The van der Waals surface area contributed by atoms with Crippen molar-refractivity contribution >= 4 is 29.5 Å². The van der Waals surface area contributed by atoms with Gasteiger partial charge in [-0.05, 0) is 85.0 Å².